The lowest BCUT2D eigenvalue weighted by molar-refractivity contribution is 0.0638. The number of carbonyl (C=O) groups is 1. The van der Waals surface area contributed by atoms with Gasteiger partial charge in [-0.2, -0.15) is 5.10 Å². The van der Waals surface area contributed by atoms with E-state index < -0.39 is 0 Å². The second-order valence-corrected chi connectivity index (χ2v) is 9.59. The average molecular weight is 448 g/mol. The van der Waals surface area contributed by atoms with Crippen molar-refractivity contribution in [2.45, 2.75) is 27.3 Å². The fraction of sp³-hybridized carbons (Fsp3) is 0.360. The number of thiophene rings is 1. The van der Waals surface area contributed by atoms with Crippen molar-refractivity contribution >= 4 is 27.5 Å². The second-order valence-electron chi connectivity index (χ2n) is 8.56. The maximum Gasteiger partial charge on any atom is 0.264 e. The Balaban J connectivity index is 1.25. The first-order valence-corrected chi connectivity index (χ1v) is 12.0. The minimum absolute atomic E-state index is 0.141. The maximum atomic E-state index is 13.3. The quantitative estimate of drug-likeness (QED) is 0.459. The molecule has 0 spiro atoms. The standard InChI is InChI=1S/C25H29N5OS/c1-18-9-10-19(2)29(18)16-13-27-11-14-28(15-12-27)24(31)23-17-22-20(3)26-30(25(22)32-23)21-7-5-4-6-8-21/h4-10,17H,11-16H2,1-3H3. The summed E-state index contributed by atoms with van der Waals surface area (Å²) in [4.78, 5) is 19.6. The molecule has 1 fully saturated rings. The van der Waals surface area contributed by atoms with Crippen LogP contribution in [0, 0.1) is 20.8 Å². The number of fused-ring (bicyclic) bond motifs is 1. The first-order valence-electron chi connectivity index (χ1n) is 11.2. The average Bonchev–Trinajstić information content (AvgIpc) is 3.48. The normalized spacial score (nSPS) is 15.0. The number of rotatable bonds is 5. The Bertz CT molecular complexity index is 1220. The molecule has 7 heteroatoms. The number of nitrogens with zero attached hydrogens (tertiary/aromatic N) is 5. The van der Waals surface area contributed by atoms with Crippen LogP contribution in [0.4, 0.5) is 0 Å². The highest BCUT2D eigenvalue weighted by Gasteiger charge is 2.25. The summed E-state index contributed by atoms with van der Waals surface area (Å²) in [5.41, 5.74) is 4.60. The van der Waals surface area contributed by atoms with Gasteiger partial charge >= 0.3 is 0 Å². The fourth-order valence-corrected chi connectivity index (χ4v) is 5.67. The molecule has 166 valence electrons. The van der Waals surface area contributed by atoms with E-state index in [-0.39, 0.29) is 5.91 Å². The summed E-state index contributed by atoms with van der Waals surface area (Å²) in [7, 11) is 0. The highest BCUT2D eigenvalue weighted by Crippen LogP contribution is 2.31. The molecule has 0 atom stereocenters. The highest BCUT2D eigenvalue weighted by atomic mass is 32.1. The molecule has 6 nitrogen and oxygen atoms in total. The molecule has 1 saturated heterocycles. The maximum absolute atomic E-state index is 13.3. The lowest BCUT2D eigenvalue weighted by Gasteiger charge is -2.34. The molecule has 32 heavy (non-hydrogen) atoms. The van der Waals surface area contributed by atoms with Gasteiger partial charge in [-0.1, -0.05) is 18.2 Å². The lowest BCUT2D eigenvalue weighted by atomic mass is 10.2. The number of hydrogen-bond acceptors (Lipinski definition) is 4. The number of carbonyl (C=O) groups excluding carboxylic acids is 1. The second kappa shape index (κ2) is 8.56. The number of hydrogen-bond donors (Lipinski definition) is 0. The number of piperazine rings is 1. The van der Waals surface area contributed by atoms with Crippen LogP contribution < -0.4 is 0 Å². The van der Waals surface area contributed by atoms with Crippen molar-refractivity contribution in [3.8, 4) is 5.69 Å². The van der Waals surface area contributed by atoms with Crippen LogP contribution >= 0.6 is 11.3 Å². The predicted molar refractivity (Wildman–Crippen MR) is 130 cm³/mol. The third-order valence-corrected chi connectivity index (χ3v) is 7.57. The molecule has 1 aliphatic rings. The third kappa shape index (κ3) is 3.87. The van der Waals surface area contributed by atoms with Crippen molar-refractivity contribution in [2.24, 2.45) is 0 Å². The van der Waals surface area contributed by atoms with E-state index in [1.54, 1.807) is 11.3 Å². The molecule has 0 saturated carbocycles. The van der Waals surface area contributed by atoms with Crippen LogP contribution in [0.25, 0.3) is 15.9 Å². The third-order valence-electron chi connectivity index (χ3n) is 6.47. The molecule has 1 amide bonds. The fourth-order valence-electron chi connectivity index (χ4n) is 4.52. The number of aryl methyl sites for hydroxylation is 3. The van der Waals surface area contributed by atoms with Crippen molar-refractivity contribution in [1.29, 1.82) is 0 Å². The summed E-state index contributed by atoms with van der Waals surface area (Å²) in [6, 6.07) is 16.5. The molecular formula is C25H29N5OS. The lowest BCUT2D eigenvalue weighted by Crippen LogP contribution is -2.49. The summed E-state index contributed by atoms with van der Waals surface area (Å²) in [6.07, 6.45) is 0. The van der Waals surface area contributed by atoms with Gasteiger partial charge in [0.15, 0.2) is 0 Å². The molecule has 0 unspecified atom stereocenters. The van der Waals surface area contributed by atoms with Gasteiger partial charge in [-0.25, -0.2) is 4.68 Å². The van der Waals surface area contributed by atoms with Crippen LogP contribution in [0.1, 0.15) is 26.8 Å². The number of aromatic nitrogens is 3. The van der Waals surface area contributed by atoms with Gasteiger partial charge in [0, 0.05) is 56.0 Å². The van der Waals surface area contributed by atoms with Crippen LogP contribution in [0.2, 0.25) is 0 Å². The Morgan fingerprint density at radius 2 is 1.62 bits per heavy atom. The highest BCUT2D eigenvalue weighted by molar-refractivity contribution is 7.20. The number of amides is 1. The van der Waals surface area contributed by atoms with Crippen molar-refractivity contribution in [2.75, 3.05) is 32.7 Å². The largest absolute Gasteiger partial charge is 0.348 e. The van der Waals surface area contributed by atoms with Crippen LogP contribution in [-0.4, -0.2) is 62.8 Å². The smallest absolute Gasteiger partial charge is 0.264 e. The Morgan fingerprint density at radius 3 is 2.31 bits per heavy atom. The Morgan fingerprint density at radius 1 is 0.938 bits per heavy atom. The SMILES string of the molecule is Cc1nn(-c2ccccc2)c2sc(C(=O)N3CCN(CCn4c(C)ccc4C)CC3)cc12. The van der Waals surface area contributed by atoms with Crippen LogP contribution in [0.15, 0.2) is 48.5 Å². The molecule has 4 aromatic rings. The molecule has 4 heterocycles. The van der Waals surface area contributed by atoms with Gasteiger partial charge in [-0.15, -0.1) is 11.3 Å². The van der Waals surface area contributed by atoms with Crippen molar-refractivity contribution < 1.29 is 4.79 Å². The van der Waals surface area contributed by atoms with Crippen LogP contribution in [0.3, 0.4) is 0 Å². The van der Waals surface area contributed by atoms with Gasteiger partial charge < -0.3 is 9.47 Å². The van der Waals surface area contributed by atoms with Crippen molar-refractivity contribution in [3.63, 3.8) is 0 Å². The molecule has 1 aliphatic heterocycles. The topological polar surface area (TPSA) is 46.3 Å². The molecule has 0 N–H and O–H groups in total. The van der Waals surface area contributed by atoms with E-state index in [4.69, 9.17) is 5.10 Å². The molecule has 1 aromatic carbocycles. The minimum atomic E-state index is 0.141. The minimum Gasteiger partial charge on any atom is -0.348 e. The van der Waals surface area contributed by atoms with Gasteiger partial charge in [0.2, 0.25) is 0 Å². The molecular weight excluding hydrogens is 418 g/mol. The molecule has 3 aromatic heterocycles. The number of benzene rings is 1. The van der Waals surface area contributed by atoms with E-state index in [2.05, 4.69) is 35.4 Å². The molecule has 5 rings (SSSR count). The van der Waals surface area contributed by atoms with E-state index in [0.717, 1.165) is 65.7 Å². The first-order chi connectivity index (χ1) is 15.5. The molecule has 0 radical (unpaired) electrons. The van der Waals surface area contributed by atoms with Crippen molar-refractivity contribution in [3.05, 3.63) is 70.5 Å². The Hall–Kier alpha value is -2.90. The zero-order valence-electron chi connectivity index (χ0n) is 18.9. The summed E-state index contributed by atoms with van der Waals surface area (Å²) in [5.74, 6) is 0.141. The Kier molecular flexibility index (Phi) is 5.61. The zero-order valence-corrected chi connectivity index (χ0v) is 19.7. The van der Waals surface area contributed by atoms with Crippen LogP contribution in [-0.2, 0) is 6.54 Å². The molecule has 0 bridgehead atoms. The monoisotopic (exact) mass is 447 g/mol. The predicted octanol–water partition coefficient (Wildman–Crippen LogP) is 4.27. The van der Waals surface area contributed by atoms with Crippen LogP contribution in [0.5, 0.6) is 0 Å². The summed E-state index contributed by atoms with van der Waals surface area (Å²) in [6.45, 7) is 11.8. The summed E-state index contributed by atoms with van der Waals surface area (Å²) >= 11 is 1.55. The van der Waals surface area contributed by atoms with Crippen molar-refractivity contribution in [1.82, 2.24) is 24.1 Å². The summed E-state index contributed by atoms with van der Waals surface area (Å²) in [5, 5.41) is 5.76. The van der Waals surface area contributed by atoms with Gasteiger partial charge in [0.05, 0.1) is 16.3 Å². The van der Waals surface area contributed by atoms with E-state index in [0.29, 0.717) is 0 Å². The zero-order chi connectivity index (χ0) is 22.2. The van der Waals surface area contributed by atoms with Gasteiger partial charge in [0.1, 0.15) is 4.83 Å². The van der Waals surface area contributed by atoms with Gasteiger partial charge in [-0.3, -0.25) is 9.69 Å². The first kappa shape index (κ1) is 21.0. The summed E-state index contributed by atoms with van der Waals surface area (Å²) < 4.78 is 4.32. The van der Waals surface area contributed by atoms with Gasteiger partial charge in [-0.05, 0) is 51.1 Å². The van der Waals surface area contributed by atoms with E-state index in [1.807, 2.05) is 52.9 Å². The Labute approximate surface area is 192 Å². The van der Waals surface area contributed by atoms with E-state index in [1.165, 1.54) is 11.4 Å². The molecule has 0 aliphatic carbocycles. The van der Waals surface area contributed by atoms with E-state index in [9.17, 15) is 4.79 Å². The van der Waals surface area contributed by atoms with Gasteiger partial charge in [0.25, 0.3) is 5.91 Å². The number of para-hydroxylation sites is 1. The van der Waals surface area contributed by atoms with E-state index >= 15 is 0 Å².